The number of nitrogens with zero attached hydrogens (tertiary/aromatic N) is 2. The highest BCUT2D eigenvalue weighted by molar-refractivity contribution is 5.51. The fourth-order valence-corrected chi connectivity index (χ4v) is 0.973. The van der Waals surface area contributed by atoms with Crippen LogP contribution in [0.2, 0.25) is 0 Å². The van der Waals surface area contributed by atoms with E-state index in [9.17, 15) is 0 Å². The lowest BCUT2D eigenvalue weighted by Gasteiger charge is -1.98. The van der Waals surface area contributed by atoms with E-state index in [1.165, 1.54) is 12.5 Å². The van der Waals surface area contributed by atoms with Crippen LogP contribution in [0.1, 0.15) is 11.9 Å². The Morgan fingerprint density at radius 2 is 2.43 bits per heavy atom. The first-order chi connectivity index (χ1) is 6.81. The van der Waals surface area contributed by atoms with E-state index >= 15 is 0 Å². The van der Waals surface area contributed by atoms with E-state index in [0.29, 0.717) is 11.4 Å². The number of aliphatic hydroxyl groups is 1. The van der Waals surface area contributed by atoms with Gasteiger partial charge in [-0.2, -0.15) is 4.98 Å². The van der Waals surface area contributed by atoms with E-state index in [2.05, 4.69) is 10.1 Å². The maximum Gasteiger partial charge on any atom is 0.246 e. The Morgan fingerprint density at radius 1 is 1.57 bits per heavy atom. The van der Waals surface area contributed by atoms with Crippen molar-refractivity contribution in [3.05, 3.63) is 24.5 Å². The van der Waals surface area contributed by atoms with Crippen molar-refractivity contribution in [2.45, 2.75) is 6.04 Å². The zero-order chi connectivity index (χ0) is 9.97. The highest BCUT2D eigenvalue weighted by atomic mass is 16.5. The van der Waals surface area contributed by atoms with Gasteiger partial charge in [0, 0.05) is 0 Å². The number of hydrogen-bond donors (Lipinski definition) is 2. The molecule has 6 heteroatoms. The Morgan fingerprint density at radius 3 is 3.07 bits per heavy atom. The van der Waals surface area contributed by atoms with Gasteiger partial charge in [0.25, 0.3) is 0 Å². The zero-order valence-corrected chi connectivity index (χ0v) is 7.25. The summed E-state index contributed by atoms with van der Waals surface area (Å²) < 4.78 is 9.72. The van der Waals surface area contributed by atoms with E-state index in [0.717, 1.165) is 0 Å². The van der Waals surface area contributed by atoms with Crippen molar-refractivity contribution in [1.29, 1.82) is 0 Å². The van der Waals surface area contributed by atoms with Crippen molar-refractivity contribution in [2.24, 2.45) is 5.73 Å². The molecule has 2 aromatic heterocycles. The van der Waals surface area contributed by atoms with Crippen LogP contribution >= 0.6 is 0 Å². The molecule has 0 unspecified atom stereocenters. The van der Waals surface area contributed by atoms with Gasteiger partial charge in [0.05, 0.1) is 18.4 Å². The largest absolute Gasteiger partial charge is 0.472 e. The molecular weight excluding hydrogens is 186 g/mol. The molecule has 0 saturated carbocycles. The predicted octanol–water partition coefficient (Wildman–Crippen LogP) is 0.322. The molecule has 2 heterocycles. The fourth-order valence-electron chi connectivity index (χ4n) is 0.973. The number of nitrogens with two attached hydrogens (primary N) is 1. The first-order valence-electron chi connectivity index (χ1n) is 4.04. The lowest BCUT2D eigenvalue weighted by atomic mass is 10.3. The van der Waals surface area contributed by atoms with Crippen molar-refractivity contribution in [3.8, 4) is 11.4 Å². The smallest absolute Gasteiger partial charge is 0.246 e. The average Bonchev–Trinajstić information content (AvgIpc) is 2.86. The second-order valence-electron chi connectivity index (χ2n) is 2.76. The quantitative estimate of drug-likeness (QED) is 0.731. The van der Waals surface area contributed by atoms with Crippen molar-refractivity contribution in [2.75, 3.05) is 6.61 Å². The number of hydrogen-bond acceptors (Lipinski definition) is 6. The number of aromatic nitrogens is 2. The van der Waals surface area contributed by atoms with Crippen LogP contribution in [0, 0.1) is 0 Å². The second-order valence-corrected chi connectivity index (χ2v) is 2.76. The molecule has 74 valence electrons. The van der Waals surface area contributed by atoms with Crippen molar-refractivity contribution in [1.82, 2.24) is 10.1 Å². The van der Waals surface area contributed by atoms with E-state index in [1.54, 1.807) is 6.07 Å². The van der Waals surface area contributed by atoms with Gasteiger partial charge >= 0.3 is 0 Å². The molecule has 0 saturated heterocycles. The number of aliphatic hydroxyl groups excluding tert-OH is 1. The third kappa shape index (κ3) is 1.52. The molecule has 0 spiro atoms. The van der Waals surface area contributed by atoms with E-state index < -0.39 is 6.04 Å². The number of furan rings is 1. The molecule has 0 radical (unpaired) electrons. The van der Waals surface area contributed by atoms with Crippen LogP contribution in [0.15, 0.2) is 27.5 Å². The summed E-state index contributed by atoms with van der Waals surface area (Å²) in [5.74, 6) is 0.612. The summed E-state index contributed by atoms with van der Waals surface area (Å²) in [5, 5.41) is 12.4. The van der Waals surface area contributed by atoms with E-state index in [-0.39, 0.29) is 12.5 Å². The fraction of sp³-hybridized carbons (Fsp3) is 0.250. The van der Waals surface area contributed by atoms with Gasteiger partial charge in [-0.25, -0.2) is 0 Å². The molecule has 0 amide bonds. The molecule has 0 aliphatic carbocycles. The molecule has 0 bridgehead atoms. The summed E-state index contributed by atoms with van der Waals surface area (Å²) in [4.78, 5) is 4.00. The molecule has 3 N–H and O–H groups in total. The SMILES string of the molecule is N[C@@H](CO)c1nc(-c2ccoc2)no1. The molecular formula is C8H9N3O3. The summed E-state index contributed by atoms with van der Waals surface area (Å²) >= 11 is 0. The van der Waals surface area contributed by atoms with Crippen molar-refractivity contribution in [3.63, 3.8) is 0 Å². The van der Waals surface area contributed by atoms with Gasteiger partial charge in [-0.15, -0.1) is 0 Å². The molecule has 0 fully saturated rings. The van der Waals surface area contributed by atoms with Gasteiger partial charge in [0.2, 0.25) is 11.7 Å². The summed E-state index contributed by atoms with van der Waals surface area (Å²) in [7, 11) is 0. The first kappa shape index (κ1) is 8.92. The topological polar surface area (TPSA) is 98.3 Å². The minimum absolute atomic E-state index is 0.212. The molecule has 6 nitrogen and oxygen atoms in total. The highest BCUT2D eigenvalue weighted by Crippen LogP contribution is 2.17. The van der Waals surface area contributed by atoms with Crippen LogP contribution in [0.25, 0.3) is 11.4 Å². The third-order valence-electron chi connectivity index (χ3n) is 1.74. The number of rotatable bonds is 3. The standard InChI is InChI=1S/C8H9N3O3/c9-6(3-12)8-10-7(11-14-8)5-1-2-13-4-5/h1-2,4,6,12H,3,9H2/t6-/m0/s1. The summed E-state index contributed by atoms with van der Waals surface area (Å²) in [6.07, 6.45) is 3.01. The summed E-state index contributed by atoms with van der Waals surface area (Å²) in [6.45, 7) is -0.229. The Kier molecular flexibility index (Phi) is 2.30. The molecule has 0 aliphatic heterocycles. The summed E-state index contributed by atoms with van der Waals surface area (Å²) in [6, 6.07) is 1.07. The van der Waals surface area contributed by atoms with Gasteiger partial charge in [-0.1, -0.05) is 5.16 Å². The minimum Gasteiger partial charge on any atom is -0.472 e. The lowest BCUT2D eigenvalue weighted by Crippen LogP contribution is -2.14. The van der Waals surface area contributed by atoms with Gasteiger partial charge in [0.1, 0.15) is 12.3 Å². The Balaban J connectivity index is 2.26. The second kappa shape index (κ2) is 3.60. The van der Waals surface area contributed by atoms with Crippen molar-refractivity contribution >= 4 is 0 Å². The Hall–Kier alpha value is -1.66. The van der Waals surface area contributed by atoms with E-state index in [1.807, 2.05) is 0 Å². The van der Waals surface area contributed by atoms with Crippen LogP contribution in [0.3, 0.4) is 0 Å². The maximum absolute atomic E-state index is 8.76. The van der Waals surface area contributed by atoms with Crippen molar-refractivity contribution < 1.29 is 14.0 Å². The van der Waals surface area contributed by atoms with Crippen LogP contribution in [-0.4, -0.2) is 21.9 Å². The van der Waals surface area contributed by atoms with Gasteiger partial charge in [0.15, 0.2) is 0 Å². The molecule has 14 heavy (non-hydrogen) atoms. The Bertz CT molecular complexity index is 396. The van der Waals surface area contributed by atoms with Gasteiger partial charge in [-0.05, 0) is 6.07 Å². The minimum atomic E-state index is -0.636. The molecule has 0 aliphatic rings. The van der Waals surface area contributed by atoms with Crippen LogP contribution < -0.4 is 5.73 Å². The van der Waals surface area contributed by atoms with Crippen LogP contribution in [0.5, 0.6) is 0 Å². The Labute approximate surface area is 79.3 Å². The monoisotopic (exact) mass is 195 g/mol. The molecule has 0 aromatic carbocycles. The first-order valence-corrected chi connectivity index (χ1v) is 4.04. The molecule has 1 atom stereocenters. The normalized spacial score (nSPS) is 13.0. The summed E-state index contributed by atoms with van der Waals surface area (Å²) in [5.41, 5.74) is 6.20. The average molecular weight is 195 g/mol. The van der Waals surface area contributed by atoms with Gasteiger partial charge in [-0.3, -0.25) is 0 Å². The van der Waals surface area contributed by atoms with Gasteiger partial charge < -0.3 is 19.8 Å². The van der Waals surface area contributed by atoms with Crippen LogP contribution in [-0.2, 0) is 0 Å². The molecule has 2 rings (SSSR count). The van der Waals surface area contributed by atoms with Crippen LogP contribution in [0.4, 0.5) is 0 Å². The lowest BCUT2D eigenvalue weighted by molar-refractivity contribution is 0.237. The van der Waals surface area contributed by atoms with E-state index in [4.69, 9.17) is 19.8 Å². The molecule has 2 aromatic rings. The zero-order valence-electron chi connectivity index (χ0n) is 7.25. The predicted molar refractivity (Wildman–Crippen MR) is 46.0 cm³/mol. The highest BCUT2D eigenvalue weighted by Gasteiger charge is 2.14. The third-order valence-corrected chi connectivity index (χ3v) is 1.74. The maximum atomic E-state index is 8.76.